The van der Waals surface area contributed by atoms with E-state index in [9.17, 15) is 39.3 Å². The number of hydrogen-bond donors (Lipinski definition) is 4. The number of ketones is 3. The van der Waals surface area contributed by atoms with Gasteiger partial charge < -0.3 is 34.8 Å². The number of nitrogens with one attached hydrogen (secondary N) is 1. The number of aliphatic hydroxyl groups excluding tert-OH is 2. The van der Waals surface area contributed by atoms with E-state index in [4.69, 9.17) is 14.2 Å². The van der Waals surface area contributed by atoms with E-state index in [1.165, 1.54) is 40.0 Å². The monoisotopic (exact) mass is 665 g/mol. The van der Waals surface area contributed by atoms with Gasteiger partial charge in [-0.15, -0.1) is 0 Å². The molecular formula is C36H43NO11. The first-order valence-electron chi connectivity index (χ1n) is 15.9. The van der Waals surface area contributed by atoms with Gasteiger partial charge in [0.2, 0.25) is 5.78 Å². The van der Waals surface area contributed by atoms with Gasteiger partial charge in [0.1, 0.15) is 17.6 Å². The molecule has 3 aliphatic heterocycles. The van der Waals surface area contributed by atoms with E-state index in [1.807, 2.05) is 6.92 Å². The number of benzene rings is 1. The van der Waals surface area contributed by atoms with Crippen molar-refractivity contribution in [3.8, 4) is 11.5 Å². The molecule has 8 atom stereocenters. The summed E-state index contributed by atoms with van der Waals surface area (Å²) in [7, 11) is 0. The van der Waals surface area contributed by atoms with Gasteiger partial charge in [0.25, 0.3) is 11.7 Å². The van der Waals surface area contributed by atoms with Crippen LogP contribution in [0.3, 0.4) is 0 Å². The second-order valence-corrected chi connectivity index (χ2v) is 13.1. The molecule has 5 bridgehead atoms. The Balaban J connectivity index is 1.78. The molecule has 1 aromatic rings. The van der Waals surface area contributed by atoms with Crippen molar-refractivity contribution in [1.29, 1.82) is 0 Å². The average molecular weight is 666 g/mol. The first-order chi connectivity index (χ1) is 22.4. The number of carbonyl (C=O) groups is 5. The average Bonchev–Trinajstić information content (AvgIpc) is 3.29. The van der Waals surface area contributed by atoms with Gasteiger partial charge in [-0.1, -0.05) is 45.9 Å². The van der Waals surface area contributed by atoms with Gasteiger partial charge in [-0.2, -0.15) is 0 Å². The first kappa shape index (κ1) is 36.3. The Morgan fingerprint density at radius 1 is 1.00 bits per heavy atom. The Bertz CT molecular complexity index is 1670. The molecule has 0 aromatic heterocycles. The fourth-order valence-corrected chi connectivity index (χ4v) is 6.35. The second kappa shape index (κ2) is 13.9. The van der Waals surface area contributed by atoms with Crippen LogP contribution >= 0.6 is 0 Å². The number of fused-ring (bicyclic) bond motifs is 14. The molecule has 0 radical (unpaired) electrons. The molecule has 4 aliphatic rings. The highest BCUT2D eigenvalue weighted by molar-refractivity contribution is 6.30. The van der Waals surface area contributed by atoms with Crippen molar-refractivity contribution in [3.63, 3.8) is 0 Å². The maximum Gasteiger partial charge on any atom is 0.312 e. The van der Waals surface area contributed by atoms with Crippen LogP contribution in [0.2, 0.25) is 0 Å². The molecule has 0 unspecified atom stereocenters. The topological polar surface area (TPSA) is 186 Å². The molecular weight excluding hydrogens is 622 g/mol. The van der Waals surface area contributed by atoms with Crippen molar-refractivity contribution in [3.05, 3.63) is 70.2 Å². The molecule has 3 heterocycles. The number of Topliss-reactive ketones (excluding diaryl/α,β-unsaturated/α-hetero) is 2. The predicted molar refractivity (Wildman–Crippen MR) is 173 cm³/mol. The summed E-state index contributed by atoms with van der Waals surface area (Å²) in [5.41, 5.74) is -1.19. The quantitative estimate of drug-likeness (QED) is 0.318. The predicted octanol–water partition coefficient (Wildman–Crippen LogP) is 4.01. The molecule has 258 valence electrons. The second-order valence-electron chi connectivity index (χ2n) is 13.1. The van der Waals surface area contributed by atoms with Crippen LogP contribution in [-0.4, -0.2) is 68.6 Å². The van der Waals surface area contributed by atoms with Crippen LogP contribution in [-0.2, 0) is 19.1 Å². The highest BCUT2D eigenvalue weighted by Crippen LogP contribution is 2.47. The van der Waals surface area contributed by atoms with Gasteiger partial charge in [-0.3, -0.25) is 24.0 Å². The molecule has 1 aromatic carbocycles. The molecule has 4 N–H and O–H groups in total. The number of phenolic OH excluding ortho intramolecular Hbond substituents is 1. The van der Waals surface area contributed by atoms with Crippen molar-refractivity contribution >= 4 is 29.2 Å². The SMILES string of the molecule is CC(=O)O[C@H]1[C@H](C)[C@H](O)[C@H](C)[C@@H](O)[C@@H](C)/C=C/C=C(/C)C(=O)NC2=CC(=O)c3c(c(O)c(C)c4c3C(=O)[C@@](C)(O/C=C/C[C@H]1C)O4)C2=O. The lowest BCUT2D eigenvalue weighted by molar-refractivity contribution is -0.157. The summed E-state index contributed by atoms with van der Waals surface area (Å²) in [6.07, 6.45) is 5.88. The zero-order valence-electron chi connectivity index (χ0n) is 28.3. The summed E-state index contributed by atoms with van der Waals surface area (Å²) in [4.78, 5) is 65.8. The van der Waals surface area contributed by atoms with E-state index in [0.717, 1.165) is 6.08 Å². The Hall–Kier alpha value is -4.55. The van der Waals surface area contributed by atoms with Gasteiger partial charge in [0, 0.05) is 48.8 Å². The van der Waals surface area contributed by atoms with E-state index in [0.29, 0.717) is 0 Å². The lowest BCUT2D eigenvalue weighted by Crippen LogP contribution is -2.44. The van der Waals surface area contributed by atoms with Crippen molar-refractivity contribution in [2.75, 3.05) is 0 Å². The number of esters is 1. The maximum absolute atomic E-state index is 13.8. The number of phenols is 1. The van der Waals surface area contributed by atoms with Crippen LogP contribution in [0.25, 0.3) is 0 Å². The maximum atomic E-state index is 13.8. The van der Waals surface area contributed by atoms with Gasteiger partial charge in [0.05, 0.1) is 40.9 Å². The minimum absolute atomic E-state index is 0.0322. The molecule has 1 aliphatic carbocycles. The summed E-state index contributed by atoms with van der Waals surface area (Å²) in [6.45, 7) is 12.5. The van der Waals surface area contributed by atoms with Gasteiger partial charge in [0.15, 0.2) is 5.78 Å². The Morgan fingerprint density at radius 2 is 1.67 bits per heavy atom. The number of amides is 1. The number of hydrogen-bond acceptors (Lipinski definition) is 11. The number of ether oxygens (including phenoxy) is 3. The van der Waals surface area contributed by atoms with Gasteiger partial charge in [-0.25, -0.2) is 0 Å². The highest BCUT2D eigenvalue weighted by atomic mass is 16.7. The number of aliphatic hydroxyl groups is 2. The van der Waals surface area contributed by atoms with E-state index in [1.54, 1.807) is 39.0 Å². The van der Waals surface area contributed by atoms with E-state index < -0.39 is 82.4 Å². The minimum atomic E-state index is -1.96. The fourth-order valence-electron chi connectivity index (χ4n) is 6.35. The fraction of sp³-hybridized carbons (Fsp3) is 0.472. The number of aromatic hydroxyl groups is 1. The first-order valence-corrected chi connectivity index (χ1v) is 15.9. The van der Waals surface area contributed by atoms with Gasteiger partial charge in [-0.05, 0) is 32.3 Å². The summed E-state index contributed by atoms with van der Waals surface area (Å²) in [6, 6.07) is 0. The van der Waals surface area contributed by atoms with Crippen LogP contribution in [0.4, 0.5) is 0 Å². The summed E-state index contributed by atoms with van der Waals surface area (Å²) in [5, 5.41) is 35.8. The Labute approximate surface area is 279 Å². The number of rotatable bonds is 1. The molecule has 0 fully saturated rings. The normalized spacial score (nSPS) is 33.8. The van der Waals surface area contributed by atoms with Crippen LogP contribution < -0.4 is 10.1 Å². The van der Waals surface area contributed by atoms with Crippen LogP contribution in [0.15, 0.2) is 47.9 Å². The number of carbonyl (C=O) groups excluding carboxylic acids is 5. The molecule has 0 saturated carbocycles. The van der Waals surface area contributed by atoms with E-state index in [2.05, 4.69) is 5.32 Å². The van der Waals surface area contributed by atoms with Crippen molar-refractivity contribution < 1.29 is 53.5 Å². The zero-order valence-corrected chi connectivity index (χ0v) is 28.3. The molecule has 48 heavy (non-hydrogen) atoms. The summed E-state index contributed by atoms with van der Waals surface area (Å²) in [5.74, 6) is -8.32. The largest absolute Gasteiger partial charge is 0.507 e. The molecule has 1 amide bonds. The smallest absolute Gasteiger partial charge is 0.312 e. The van der Waals surface area contributed by atoms with E-state index >= 15 is 0 Å². The van der Waals surface area contributed by atoms with Crippen molar-refractivity contribution in [2.45, 2.75) is 85.9 Å². The van der Waals surface area contributed by atoms with Gasteiger partial charge >= 0.3 is 11.8 Å². The van der Waals surface area contributed by atoms with Crippen molar-refractivity contribution in [1.82, 2.24) is 5.32 Å². The third kappa shape index (κ3) is 6.72. The van der Waals surface area contributed by atoms with Crippen LogP contribution in [0, 0.1) is 30.6 Å². The minimum Gasteiger partial charge on any atom is -0.507 e. The number of allylic oxidation sites excluding steroid dienone is 5. The third-order valence-corrected chi connectivity index (χ3v) is 9.39. The Morgan fingerprint density at radius 3 is 2.31 bits per heavy atom. The summed E-state index contributed by atoms with van der Waals surface area (Å²) < 4.78 is 17.3. The van der Waals surface area contributed by atoms with Crippen LogP contribution in [0.1, 0.15) is 91.5 Å². The highest BCUT2D eigenvalue weighted by Gasteiger charge is 2.51. The summed E-state index contributed by atoms with van der Waals surface area (Å²) >= 11 is 0. The molecule has 0 saturated heterocycles. The standard InChI is InChI=1S/C36H43NO11/c1-16-11-9-12-18(3)35(45)37-23-15-24(39)25-26(31(23)43)30(42)21(6)33-27(25)34(44)36(8,48-33)46-14-10-13-17(2)32(47-22(7)38)20(5)29(41)19(4)28(16)40/h9-12,14-17,19-20,28-29,32,40-42H,13H2,1-8H3,(H,37,45)/b11-9+,14-10+,18-12-/t16-,17+,19+,20+,28-,29+,32+,36-/m0/s1. The lowest BCUT2D eigenvalue weighted by Gasteiger charge is -2.36. The molecule has 5 rings (SSSR count). The van der Waals surface area contributed by atoms with Crippen LogP contribution in [0.5, 0.6) is 11.5 Å². The van der Waals surface area contributed by atoms with E-state index in [-0.39, 0.29) is 46.0 Å². The Kier molecular flexibility index (Phi) is 10.5. The van der Waals surface area contributed by atoms with Crippen molar-refractivity contribution in [2.24, 2.45) is 23.7 Å². The zero-order chi connectivity index (χ0) is 35.8. The molecule has 12 heteroatoms. The lowest BCUT2D eigenvalue weighted by atomic mass is 9.79. The molecule has 12 nitrogen and oxygen atoms in total. The molecule has 0 spiro atoms. The third-order valence-electron chi connectivity index (χ3n) is 9.39.